The van der Waals surface area contributed by atoms with Crippen molar-refractivity contribution in [1.29, 1.82) is 0 Å². The molecule has 112 valence electrons. The fraction of sp³-hybridized carbons (Fsp3) is 0.294. The van der Waals surface area contributed by atoms with Crippen LogP contribution in [-0.2, 0) is 0 Å². The van der Waals surface area contributed by atoms with E-state index in [4.69, 9.17) is 11.5 Å². The predicted octanol–water partition coefficient (Wildman–Crippen LogP) is 2.99. The second-order valence-corrected chi connectivity index (χ2v) is 5.98. The average molecular weight is 294 g/mol. The Balaban J connectivity index is 2.11. The van der Waals surface area contributed by atoms with E-state index in [0.29, 0.717) is 11.6 Å². The number of amides is 1. The molecule has 2 heterocycles. The molecule has 3 aromatic rings. The van der Waals surface area contributed by atoms with Gasteiger partial charge < -0.3 is 16.0 Å². The molecular weight excluding hydrogens is 276 g/mol. The second-order valence-electron chi connectivity index (χ2n) is 5.98. The number of primary amides is 1. The summed E-state index contributed by atoms with van der Waals surface area (Å²) in [6, 6.07) is 10.4. The standard InChI is InChI=1S/C17H18N4O/c18-15-13(16(19)22)9-12-11-7-3-4-8-14(11)21(17(12)20-15)10-5-1-2-6-10/h3-4,7-10H,1-2,5-6H2,(H2,18,20)(H2,19,22). The van der Waals surface area contributed by atoms with Gasteiger partial charge in [-0.1, -0.05) is 31.0 Å². The Kier molecular flexibility index (Phi) is 2.82. The number of rotatable bonds is 2. The third kappa shape index (κ3) is 1.78. The predicted molar refractivity (Wildman–Crippen MR) is 87.7 cm³/mol. The molecule has 1 saturated carbocycles. The highest BCUT2D eigenvalue weighted by atomic mass is 16.1. The first kappa shape index (κ1) is 13.1. The quantitative estimate of drug-likeness (QED) is 0.761. The first-order chi connectivity index (χ1) is 10.7. The van der Waals surface area contributed by atoms with Gasteiger partial charge in [0.1, 0.15) is 11.5 Å². The Hall–Kier alpha value is -2.56. The van der Waals surface area contributed by atoms with E-state index < -0.39 is 5.91 Å². The van der Waals surface area contributed by atoms with Crippen LogP contribution in [-0.4, -0.2) is 15.5 Å². The molecule has 1 aliphatic rings. The summed E-state index contributed by atoms with van der Waals surface area (Å²) in [6.07, 6.45) is 4.81. The summed E-state index contributed by atoms with van der Waals surface area (Å²) in [7, 11) is 0. The molecule has 1 aliphatic carbocycles. The van der Waals surface area contributed by atoms with Crippen LogP contribution in [0.1, 0.15) is 42.1 Å². The molecule has 5 heteroatoms. The number of carbonyl (C=O) groups is 1. The van der Waals surface area contributed by atoms with Crippen LogP contribution in [0.5, 0.6) is 0 Å². The van der Waals surface area contributed by atoms with Crippen molar-refractivity contribution >= 4 is 33.7 Å². The fourth-order valence-electron chi connectivity index (χ4n) is 3.65. The van der Waals surface area contributed by atoms with Crippen LogP contribution in [0, 0.1) is 0 Å². The first-order valence-corrected chi connectivity index (χ1v) is 7.66. The average Bonchev–Trinajstić information content (AvgIpc) is 3.11. The zero-order valence-electron chi connectivity index (χ0n) is 12.2. The fourth-order valence-corrected chi connectivity index (χ4v) is 3.65. The molecule has 1 amide bonds. The van der Waals surface area contributed by atoms with E-state index in [9.17, 15) is 4.79 Å². The van der Waals surface area contributed by atoms with E-state index in [1.54, 1.807) is 6.07 Å². The summed E-state index contributed by atoms with van der Waals surface area (Å²) < 4.78 is 2.29. The smallest absolute Gasteiger partial charge is 0.252 e. The van der Waals surface area contributed by atoms with E-state index in [1.807, 2.05) is 12.1 Å². The molecule has 0 radical (unpaired) electrons. The molecule has 0 aliphatic heterocycles. The van der Waals surface area contributed by atoms with Crippen molar-refractivity contribution in [2.24, 2.45) is 5.73 Å². The number of nitrogens with zero attached hydrogens (tertiary/aromatic N) is 2. The minimum absolute atomic E-state index is 0.210. The Morgan fingerprint density at radius 2 is 1.91 bits per heavy atom. The van der Waals surface area contributed by atoms with Crippen molar-refractivity contribution in [1.82, 2.24) is 9.55 Å². The van der Waals surface area contributed by atoms with Gasteiger partial charge >= 0.3 is 0 Å². The Labute approximate surface area is 127 Å². The molecule has 4 rings (SSSR count). The number of aromatic nitrogens is 2. The van der Waals surface area contributed by atoms with Gasteiger partial charge in [-0.3, -0.25) is 4.79 Å². The number of hydrogen-bond acceptors (Lipinski definition) is 3. The molecule has 2 aromatic heterocycles. The number of benzene rings is 1. The van der Waals surface area contributed by atoms with Gasteiger partial charge in [0.05, 0.1) is 11.1 Å². The molecule has 5 nitrogen and oxygen atoms in total. The Morgan fingerprint density at radius 1 is 1.18 bits per heavy atom. The normalized spacial score (nSPS) is 15.8. The van der Waals surface area contributed by atoms with Crippen molar-refractivity contribution in [3.8, 4) is 0 Å². The SMILES string of the molecule is NC(=O)c1cc2c3ccccc3n(C3CCCC3)c2nc1N. The molecule has 0 spiro atoms. The number of fused-ring (bicyclic) bond motifs is 3. The maximum absolute atomic E-state index is 11.6. The van der Waals surface area contributed by atoms with Crippen LogP contribution in [0.4, 0.5) is 5.82 Å². The molecule has 1 aromatic carbocycles. The molecule has 1 fully saturated rings. The van der Waals surface area contributed by atoms with Crippen molar-refractivity contribution in [2.75, 3.05) is 5.73 Å². The summed E-state index contributed by atoms with van der Waals surface area (Å²) in [5, 5.41) is 2.05. The third-order valence-electron chi connectivity index (χ3n) is 4.67. The number of carbonyl (C=O) groups excluding carboxylic acids is 1. The molecule has 0 unspecified atom stereocenters. The summed E-state index contributed by atoms with van der Waals surface area (Å²) in [5.74, 6) is -0.327. The molecule has 22 heavy (non-hydrogen) atoms. The van der Waals surface area contributed by atoms with Crippen molar-refractivity contribution < 1.29 is 4.79 Å². The maximum Gasteiger partial charge on any atom is 0.252 e. The number of anilines is 1. The lowest BCUT2D eigenvalue weighted by molar-refractivity contribution is 0.100. The van der Waals surface area contributed by atoms with E-state index in [2.05, 4.69) is 21.7 Å². The topological polar surface area (TPSA) is 86.9 Å². The van der Waals surface area contributed by atoms with Gasteiger partial charge in [0.25, 0.3) is 5.91 Å². The Bertz CT molecular complexity index is 890. The highest BCUT2D eigenvalue weighted by Gasteiger charge is 2.23. The van der Waals surface area contributed by atoms with Gasteiger partial charge in [-0.15, -0.1) is 0 Å². The molecule has 4 N–H and O–H groups in total. The number of hydrogen-bond donors (Lipinski definition) is 2. The van der Waals surface area contributed by atoms with Gasteiger partial charge in [0.2, 0.25) is 0 Å². The summed E-state index contributed by atoms with van der Waals surface area (Å²) in [4.78, 5) is 16.1. The van der Waals surface area contributed by atoms with Crippen LogP contribution in [0.3, 0.4) is 0 Å². The van der Waals surface area contributed by atoms with Crippen LogP contribution in [0.15, 0.2) is 30.3 Å². The monoisotopic (exact) mass is 294 g/mol. The molecule has 0 atom stereocenters. The first-order valence-electron chi connectivity index (χ1n) is 7.66. The van der Waals surface area contributed by atoms with E-state index in [-0.39, 0.29) is 5.82 Å². The van der Waals surface area contributed by atoms with Crippen LogP contribution < -0.4 is 11.5 Å². The number of para-hydroxylation sites is 1. The molecule has 0 saturated heterocycles. The lowest BCUT2D eigenvalue weighted by Gasteiger charge is -2.14. The lowest BCUT2D eigenvalue weighted by atomic mass is 10.1. The highest BCUT2D eigenvalue weighted by molar-refractivity contribution is 6.10. The van der Waals surface area contributed by atoms with Gasteiger partial charge in [0, 0.05) is 16.8 Å². The van der Waals surface area contributed by atoms with Gasteiger partial charge in [-0.05, 0) is 25.0 Å². The molecular formula is C17H18N4O. The zero-order valence-corrected chi connectivity index (χ0v) is 12.2. The highest BCUT2D eigenvalue weighted by Crippen LogP contribution is 2.38. The minimum Gasteiger partial charge on any atom is -0.383 e. The Morgan fingerprint density at radius 3 is 2.64 bits per heavy atom. The van der Waals surface area contributed by atoms with Crippen LogP contribution in [0.2, 0.25) is 0 Å². The van der Waals surface area contributed by atoms with Crippen LogP contribution in [0.25, 0.3) is 21.9 Å². The number of nitrogen functional groups attached to an aromatic ring is 1. The number of nitrogens with two attached hydrogens (primary N) is 2. The number of pyridine rings is 1. The summed E-state index contributed by atoms with van der Waals surface area (Å²) >= 11 is 0. The zero-order chi connectivity index (χ0) is 15.3. The second kappa shape index (κ2) is 4.73. The van der Waals surface area contributed by atoms with E-state index in [1.165, 1.54) is 12.8 Å². The minimum atomic E-state index is -0.537. The summed E-state index contributed by atoms with van der Waals surface area (Å²) in [6.45, 7) is 0. The van der Waals surface area contributed by atoms with E-state index in [0.717, 1.165) is 34.8 Å². The van der Waals surface area contributed by atoms with Gasteiger partial charge in [-0.25, -0.2) is 4.98 Å². The van der Waals surface area contributed by atoms with E-state index >= 15 is 0 Å². The van der Waals surface area contributed by atoms with Crippen molar-refractivity contribution in [3.63, 3.8) is 0 Å². The van der Waals surface area contributed by atoms with Gasteiger partial charge in [-0.2, -0.15) is 0 Å². The molecule has 0 bridgehead atoms. The summed E-state index contributed by atoms with van der Waals surface area (Å²) in [5.41, 5.74) is 13.7. The van der Waals surface area contributed by atoms with Crippen LogP contribution >= 0.6 is 0 Å². The van der Waals surface area contributed by atoms with Crippen molar-refractivity contribution in [3.05, 3.63) is 35.9 Å². The van der Waals surface area contributed by atoms with Gasteiger partial charge in [0.15, 0.2) is 0 Å². The lowest BCUT2D eigenvalue weighted by Crippen LogP contribution is -2.15. The van der Waals surface area contributed by atoms with Crippen molar-refractivity contribution in [2.45, 2.75) is 31.7 Å². The largest absolute Gasteiger partial charge is 0.383 e. The third-order valence-corrected chi connectivity index (χ3v) is 4.67. The maximum atomic E-state index is 11.6.